The molecule has 3 amide bonds. The topological polar surface area (TPSA) is 163 Å². The molecule has 1 aromatic heterocycles. The molecule has 174 valence electrons. The van der Waals surface area contributed by atoms with E-state index in [0.29, 0.717) is 26.1 Å². The molecular formula is C20H33N5O6. The minimum Gasteiger partial charge on any atom is -0.483 e. The molecule has 1 fully saturated rings. The number of carbonyl (C=O) groups is 4. The lowest BCUT2D eigenvalue weighted by Gasteiger charge is -2.36. The van der Waals surface area contributed by atoms with Gasteiger partial charge in [0.25, 0.3) is 6.47 Å². The first-order valence-electron chi connectivity index (χ1n) is 10.4. The fraction of sp³-hybridized carbons (Fsp3) is 0.650. The molecule has 1 saturated carbocycles. The summed E-state index contributed by atoms with van der Waals surface area (Å²) in [6.07, 6.45) is 4.63. The van der Waals surface area contributed by atoms with Gasteiger partial charge in [-0.1, -0.05) is 6.92 Å². The van der Waals surface area contributed by atoms with Gasteiger partial charge < -0.3 is 25.8 Å². The van der Waals surface area contributed by atoms with Crippen LogP contribution in [0.25, 0.3) is 0 Å². The number of amides is 3. The number of carboxylic acid groups (broad SMARTS) is 1. The zero-order valence-corrected chi connectivity index (χ0v) is 18.1. The Hall–Kier alpha value is -2.95. The Balaban J connectivity index is 0.00000151. The molecule has 0 aliphatic heterocycles. The quantitative estimate of drug-likeness (QED) is 0.328. The number of ether oxygens (including phenoxy) is 1. The van der Waals surface area contributed by atoms with Crippen LogP contribution in [0.2, 0.25) is 0 Å². The highest BCUT2D eigenvalue weighted by molar-refractivity contribution is 5.80. The molecule has 3 atom stereocenters. The third-order valence-corrected chi connectivity index (χ3v) is 4.78. The van der Waals surface area contributed by atoms with Crippen LogP contribution in [0.5, 0.6) is 0 Å². The van der Waals surface area contributed by atoms with E-state index >= 15 is 0 Å². The number of hydrogen-bond acceptors (Lipinski definition) is 6. The van der Waals surface area contributed by atoms with Gasteiger partial charge in [-0.05, 0) is 31.7 Å². The van der Waals surface area contributed by atoms with Gasteiger partial charge in [0.2, 0.25) is 17.7 Å². The number of rotatable bonds is 10. The Morgan fingerprint density at radius 2 is 2.06 bits per heavy atom. The van der Waals surface area contributed by atoms with Crippen LogP contribution < -0.4 is 16.0 Å². The average Bonchev–Trinajstić information content (AvgIpc) is 3.25. The largest absolute Gasteiger partial charge is 0.483 e. The van der Waals surface area contributed by atoms with E-state index in [-0.39, 0.29) is 48.7 Å². The van der Waals surface area contributed by atoms with Crippen molar-refractivity contribution in [3.63, 3.8) is 0 Å². The fourth-order valence-electron chi connectivity index (χ4n) is 3.34. The van der Waals surface area contributed by atoms with Gasteiger partial charge >= 0.3 is 0 Å². The fourth-order valence-corrected chi connectivity index (χ4v) is 3.34. The lowest BCUT2D eigenvalue weighted by Crippen LogP contribution is -2.50. The van der Waals surface area contributed by atoms with Crippen molar-refractivity contribution >= 4 is 24.2 Å². The van der Waals surface area contributed by atoms with Gasteiger partial charge in [-0.2, -0.15) is 5.10 Å². The standard InChI is InChI=1S/C19H31N5O4.CH2O2/c1-3-10-28-17-5-4-14(19(27)21-12-15-6-9-22-24-15)11-16(17)23-18(26)7-8-20-13(2)25;2-1-3/h6,9,14,16-17H,3-5,7-8,10-12H2,1-2H3,(H,20,25)(H,21,27)(H,22,24)(H,23,26);1H,(H,2,3)/t14-,16+,17+;/m0./s1. The summed E-state index contributed by atoms with van der Waals surface area (Å²) in [4.78, 5) is 44.1. The Morgan fingerprint density at radius 3 is 2.68 bits per heavy atom. The Morgan fingerprint density at radius 1 is 1.32 bits per heavy atom. The first-order valence-corrected chi connectivity index (χ1v) is 10.4. The van der Waals surface area contributed by atoms with Crippen LogP contribution >= 0.6 is 0 Å². The molecular weight excluding hydrogens is 406 g/mol. The van der Waals surface area contributed by atoms with Gasteiger partial charge in [-0.15, -0.1) is 0 Å². The van der Waals surface area contributed by atoms with Gasteiger partial charge in [0.15, 0.2) is 0 Å². The third kappa shape index (κ3) is 10.6. The first kappa shape index (κ1) is 26.1. The van der Waals surface area contributed by atoms with Crippen molar-refractivity contribution in [2.45, 2.75) is 64.6 Å². The molecule has 0 spiro atoms. The summed E-state index contributed by atoms with van der Waals surface area (Å²) in [7, 11) is 0. The lowest BCUT2D eigenvalue weighted by molar-refractivity contribution is -0.130. The number of nitrogens with zero attached hydrogens (tertiary/aromatic N) is 1. The number of aromatic nitrogens is 2. The smallest absolute Gasteiger partial charge is 0.290 e. The van der Waals surface area contributed by atoms with Crippen molar-refractivity contribution in [2.24, 2.45) is 5.92 Å². The van der Waals surface area contributed by atoms with Crippen LogP contribution in [0.15, 0.2) is 12.3 Å². The van der Waals surface area contributed by atoms with Gasteiger partial charge in [-0.3, -0.25) is 24.3 Å². The van der Waals surface area contributed by atoms with Gasteiger partial charge in [0.05, 0.1) is 24.4 Å². The molecule has 11 heteroatoms. The second kappa shape index (κ2) is 14.9. The van der Waals surface area contributed by atoms with Crippen molar-refractivity contribution in [2.75, 3.05) is 13.2 Å². The Kier molecular flexibility index (Phi) is 12.6. The Labute approximate surface area is 181 Å². The lowest BCUT2D eigenvalue weighted by atomic mass is 9.83. The summed E-state index contributed by atoms with van der Waals surface area (Å²) in [5.74, 6) is -0.517. The monoisotopic (exact) mass is 439 g/mol. The summed E-state index contributed by atoms with van der Waals surface area (Å²) in [6, 6.07) is 1.60. The summed E-state index contributed by atoms with van der Waals surface area (Å²) in [5, 5.41) is 22.1. The highest BCUT2D eigenvalue weighted by atomic mass is 16.5. The minimum atomic E-state index is -0.250. The molecule has 0 saturated heterocycles. The molecule has 1 heterocycles. The van der Waals surface area contributed by atoms with E-state index in [1.54, 1.807) is 6.20 Å². The third-order valence-electron chi connectivity index (χ3n) is 4.78. The molecule has 31 heavy (non-hydrogen) atoms. The first-order chi connectivity index (χ1) is 14.9. The van der Waals surface area contributed by atoms with Crippen molar-refractivity contribution in [3.8, 4) is 0 Å². The van der Waals surface area contributed by atoms with Crippen LogP contribution in [0.1, 0.15) is 51.6 Å². The van der Waals surface area contributed by atoms with Crippen molar-refractivity contribution < 1.29 is 29.0 Å². The SMILES string of the molecule is CCCO[C@@H]1CC[C@H](C(=O)NCc2ccn[nH]2)C[C@H]1NC(=O)CCNC(C)=O.O=CO. The van der Waals surface area contributed by atoms with E-state index in [9.17, 15) is 14.4 Å². The van der Waals surface area contributed by atoms with Crippen LogP contribution in [-0.2, 0) is 30.5 Å². The predicted octanol–water partition coefficient (Wildman–Crippen LogP) is 0.333. The molecule has 1 aromatic rings. The number of H-pyrrole nitrogens is 1. The zero-order valence-electron chi connectivity index (χ0n) is 18.1. The average molecular weight is 440 g/mol. The molecule has 0 unspecified atom stereocenters. The van der Waals surface area contributed by atoms with Gasteiger partial charge in [0, 0.05) is 38.6 Å². The van der Waals surface area contributed by atoms with Crippen molar-refractivity contribution in [1.82, 2.24) is 26.1 Å². The van der Waals surface area contributed by atoms with Crippen LogP contribution in [-0.4, -0.2) is 64.8 Å². The molecule has 11 nitrogen and oxygen atoms in total. The number of carbonyl (C=O) groups excluding carboxylic acids is 3. The van der Waals surface area contributed by atoms with E-state index in [1.807, 2.05) is 13.0 Å². The van der Waals surface area contributed by atoms with Gasteiger partial charge in [0.1, 0.15) is 0 Å². The van der Waals surface area contributed by atoms with Crippen LogP contribution in [0.3, 0.4) is 0 Å². The normalized spacial score (nSPS) is 20.0. The number of hydrogen-bond donors (Lipinski definition) is 5. The van der Waals surface area contributed by atoms with E-state index in [0.717, 1.165) is 25.0 Å². The van der Waals surface area contributed by atoms with E-state index in [4.69, 9.17) is 14.6 Å². The summed E-state index contributed by atoms with van der Waals surface area (Å²) in [6.45, 7) is 4.52. The Bertz CT molecular complexity index is 682. The minimum absolute atomic E-state index is 0.0268. The molecule has 0 aromatic carbocycles. The van der Waals surface area contributed by atoms with E-state index < -0.39 is 0 Å². The molecule has 1 aliphatic rings. The summed E-state index contributed by atoms with van der Waals surface area (Å²) < 4.78 is 5.91. The van der Waals surface area contributed by atoms with Crippen LogP contribution in [0, 0.1) is 5.92 Å². The highest BCUT2D eigenvalue weighted by Gasteiger charge is 2.35. The maximum atomic E-state index is 12.5. The number of nitrogens with one attached hydrogen (secondary N) is 4. The van der Waals surface area contributed by atoms with Crippen molar-refractivity contribution in [3.05, 3.63) is 18.0 Å². The predicted molar refractivity (Wildman–Crippen MR) is 112 cm³/mol. The highest BCUT2D eigenvalue weighted by Crippen LogP contribution is 2.27. The van der Waals surface area contributed by atoms with Gasteiger partial charge in [-0.25, -0.2) is 0 Å². The van der Waals surface area contributed by atoms with Crippen LogP contribution in [0.4, 0.5) is 0 Å². The molecule has 0 radical (unpaired) electrons. The number of aromatic amines is 1. The summed E-state index contributed by atoms with van der Waals surface area (Å²) in [5.41, 5.74) is 0.844. The second-order valence-corrected chi connectivity index (χ2v) is 7.23. The maximum Gasteiger partial charge on any atom is 0.290 e. The molecule has 0 bridgehead atoms. The maximum absolute atomic E-state index is 12.5. The summed E-state index contributed by atoms with van der Waals surface area (Å²) >= 11 is 0. The van der Waals surface area contributed by atoms with E-state index in [2.05, 4.69) is 26.1 Å². The van der Waals surface area contributed by atoms with E-state index in [1.165, 1.54) is 6.92 Å². The second-order valence-electron chi connectivity index (χ2n) is 7.23. The molecule has 2 rings (SSSR count). The zero-order chi connectivity index (χ0) is 23.1. The molecule has 5 N–H and O–H groups in total. The molecule has 1 aliphatic carbocycles. The van der Waals surface area contributed by atoms with Crippen molar-refractivity contribution in [1.29, 1.82) is 0 Å².